The van der Waals surface area contributed by atoms with Crippen molar-refractivity contribution in [2.45, 2.75) is 6.10 Å². The van der Waals surface area contributed by atoms with Gasteiger partial charge < -0.3 is 15.1 Å². The molecule has 21 heavy (non-hydrogen) atoms. The summed E-state index contributed by atoms with van der Waals surface area (Å²) in [6.07, 6.45) is -0.792. The van der Waals surface area contributed by atoms with E-state index in [1.807, 2.05) is 24.3 Å². The fraction of sp³-hybridized carbons (Fsp3) is 0.0667. The monoisotopic (exact) mass is 394 g/mol. The van der Waals surface area contributed by atoms with Crippen molar-refractivity contribution in [3.05, 3.63) is 77.9 Å². The van der Waals surface area contributed by atoms with Crippen LogP contribution in [0.25, 0.3) is 11.0 Å². The maximum absolute atomic E-state index is 11.4. The molecule has 0 saturated carbocycles. The molecule has 0 spiro atoms. The Morgan fingerprint density at radius 2 is 1.57 bits per heavy atom. The molecule has 5 nitrogen and oxygen atoms in total. The van der Waals surface area contributed by atoms with Crippen molar-refractivity contribution in [2.75, 3.05) is 0 Å². The van der Waals surface area contributed by atoms with Crippen LogP contribution >= 0.6 is 22.6 Å². The van der Waals surface area contributed by atoms with Gasteiger partial charge in [-0.25, -0.2) is 0 Å². The summed E-state index contributed by atoms with van der Waals surface area (Å²) in [6, 6.07) is 12.6. The molecule has 3 aromatic rings. The Hall–Kier alpha value is -1.93. The van der Waals surface area contributed by atoms with E-state index in [0.717, 1.165) is 9.13 Å². The summed E-state index contributed by atoms with van der Waals surface area (Å²) in [7, 11) is 0. The standard InChI is InChI=1S/C15H11IN2O3/c16-10-3-1-2-8(6-10)13(19)9-4-5-11-12(7-9)18-15(21)14(20)17-11/h1-7,13,19H,(H,17,20)(H,18,21). The number of hydrogen-bond acceptors (Lipinski definition) is 3. The Labute approximate surface area is 132 Å². The summed E-state index contributed by atoms with van der Waals surface area (Å²) in [5.74, 6) is 0. The molecule has 2 aromatic carbocycles. The normalized spacial score (nSPS) is 12.5. The second kappa shape index (κ2) is 5.45. The van der Waals surface area contributed by atoms with Gasteiger partial charge in [0.15, 0.2) is 0 Å². The lowest BCUT2D eigenvalue weighted by Crippen LogP contribution is -2.28. The van der Waals surface area contributed by atoms with Crippen molar-refractivity contribution in [2.24, 2.45) is 0 Å². The van der Waals surface area contributed by atoms with Crippen molar-refractivity contribution >= 4 is 33.6 Å². The zero-order valence-corrected chi connectivity index (χ0v) is 12.9. The van der Waals surface area contributed by atoms with Gasteiger partial charge in [0.25, 0.3) is 0 Å². The number of fused-ring (bicyclic) bond motifs is 1. The van der Waals surface area contributed by atoms with Crippen molar-refractivity contribution in [3.63, 3.8) is 0 Å². The lowest BCUT2D eigenvalue weighted by atomic mass is 10.0. The van der Waals surface area contributed by atoms with Crippen LogP contribution in [0.15, 0.2) is 52.1 Å². The lowest BCUT2D eigenvalue weighted by molar-refractivity contribution is 0.220. The largest absolute Gasteiger partial charge is 0.384 e. The highest BCUT2D eigenvalue weighted by Gasteiger charge is 2.12. The van der Waals surface area contributed by atoms with E-state index in [1.165, 1.54) is 0 Å². The molecule has 3 N–H and O–H groups in total. The Bertz CT molecular complexity index is 930. The summed E-state index contributed by atoms with van der Waals surface area (Å²) in [5, 5.41) is 10.4. The minimum absolute atomic E-state index is 0.488. The number of H-pyrrole nitrogens is 2. The van der Waals surface area contributed by atoms with Gasteiger partial charge in [0.1, 0.15) is 6.10 Å². The van der Waals surface area contributed by atoms with Gasteiger partial charge >= 0.3 is 11.1 Å². The number of benzene rings is 2. The number of nitrogens with one attached hydrogen (secondary N) is 2. The molecule has 0 bridgehead atoms. The topological polar surface area (TPSA) is 85.9 Å². The smallest absolute Gasteiger partial charge is 0.314 e. The highest BCUT2D eigenvalue weighted by atomic mass is 127. The van der Waals surface area contributed by atoms with Crippen LogP contribution in [0.3, 0.4) is 0 Å². The summed E-state index contributed by atoms with van der Waals surface area (Å²) in [5.41, 5.74) is 1.04. The summed E-state index contributed by atoms with van der Waals surface area (Å²) >= 11 is 2.18. The first-order chi connectivity index (χ1) is 10.0. The number of hydrogen-bond donors (Lipinski definition) is 3. The highest BCUT2D eigenvalue weighted by Crippen LogP contribution is 2.24. The molecule has 1 unspecified atom stereocenters. The number of halogens is 1. The lowest BCUT2D eigenvalue weighted by Gasteiger charge is -2.12. The van der Waals surface area contributed by atoms with Crippen LogP contribution in [0.1, 0.15) is 17.2 Å². The third-order valence-electron chi connectivity index (χ3n) is 3.23. The number of aliphatic hydroxyl groups excluding tert-OH is 1. The van der Waals surface area contributed by atoms with Crippen LogP contribution in [0.4, 0.5) is 0 Å². The van der Waals surface area contributed by atoms with Gasteiger partial charge in [-0.15, -0.1) is 0 Å². The van der Waals surface area contributed by atoms with E-state index in [-0.39, 0.29) is 0 Å². The van der Waals surface area contributed by atoms with Gasteiger partial charge in [-0.1, -0.05) is 18.2 Å². The van der Waals surface area contributed by atoms with Crippen molar-refractivity contribution < 1.29 is 5.11 Å². The minimum Gasteiger partial charge on any atom is -0.384 e. The number of aromatic nitrogens is 2. The zero-order valence-electron chi connectivity index (χ0n) is 10.8. The van der Waals surface area contributed by atoms with E-state index < -0.39 is 17.2 Å². The van der Waals surface area contributed by atoms with Crippen LogP contribution in [0.2, 0.25) is 0 Å². The Balaban J connectivity index is 2.10. The van der Waals surface area contributed by atoms with Gasteiger partial charge in [0, 0.05) is 3.57 Å². The Kier molecular flexibility index (Phi) is 3.64. The first kappa shape index (κ1) is 14.0. The molecule has 0 aliphatic carbocycles. The fourth-order valence-corrected chi connectivity index (χ4v) is 2.74. The predicted octanol–water partition coefficient (Wildman–Crippen LogP) is 1.90. The second-order valence-electron chi connectivity index (χ2n) is 4.67. The van der Waals surface area contributed by atoms with Gasteiger partial charge in [-0.3, -0.25) is 9.59 Å². The van der Waals surface area contributed by atoms with Crippen molar-refractivity contribution in [3.8, 4) is 0 Å². The van der Waals surface area contributed by atoms with Crippen LogP contribution in [0, 0.1) is 3.57 Å². The number of rotatable bonds is 2. The quantitative estimate of drug-likeness (QED) is 0.459. The van der Waals surface area contributed by atoms with E-state index in [0.29, 0.717) is 16.6 Å². The highest BCUT2D eigenvalue weighted by molar-refractivity contribution is 14.1. The van der Waals surface area contributed by atoms with Crippen LogP contribution in [-0.4, -0.2) is 15.1 Å². The van der Waals surface area contributed by atoms with Gasteiger partial charge in [0.05, 0.1) is 11.0 Å². The summed E-state index contributed by atoms with van der Waals surface area (Å²) < 4.78 is 1.03. The molecule has 6 heteroatoms. The molecule has 0 amide bonds. The van der Waals surface area contributed by atoms with E-state index >= 15 is 0 Å². The van der Waals surface area contributed by atoms with Crippen LogP contribution < -0.4 is 11.1 Å². The predicted molar refractivity (Wildman–Crippen MR) is 88.4 cm³/mol. The van der Waals surface area contributed by atoms with Crippen molar-refractivity contribution in [1.82, 2.24) is 9.97 Å². The maximum atomic E-state index is 11.4. The molecular weight excluding hydrogens is 383 g/mol. The fourth-order valence-electron chi connectivity index (χ4n) is 2.17. The molecule has 0 saturated heterocycles. The molecule has 1 aromatic heterocycles. The van der Waals surface area contributed by atoms with Crippen LogP contribution in [-0.2, 0) is 0 Å². The van der Waals surface area contributed by atoms with Gasteiger partial charge in [-0.2, -0.15) is 0 Å². The third-order valence-corrected chi connectivity index (χ3v) is 3.90. The van der Waals surface area contributed by atoms with E-state index in [4.69, 9.17) is 0 Å². The van der Waals surface area contributed by atoms with E-state index in [9.17, 15) is 14.7 Å². The van der Waals surface area contributed by atoms with E-state index in [1.54, 1.807) is 18.2 Å². The molecule has 0 aliphatic rings. The molecule has 0 radical (unpaired) electrons. The summed E-state index contributed by atoms with van der Waals surface area (Å²) in [6.45, 7) is 0. The Morgan fingerprint density at radius 1 is 0.905 bits per heavy atom. The molecule has 3 rings (SSSR count). The molecule has 1 heterocycles. The molecule has 106 valence electrons. The minimum atomic E-state index is -0.792. The Morgan fingerprint density at radius 3 is 2.29 bits per heavy atom. The number of aromatic amines is 2. The summed E-state index contributed by atoms with van der Waals surface area (Å²) in [4.78, 5) is 27.6. The zero-order chi connectivity index (χ0) is 15.0. The van der Waals surface area contributed by atoms with Gasteiger partial charge in [-0.05, 0) is 58.0 Å². The first-order valence-corrected chi connectivity index (χ1v) is 7.32. The molecular formula is C15H11IN2O3. The van der Waals surface area contributed by atoms with Crippen molar-refractivity contribution in [1.29, 1.82) is 0 Å². The molecule has 0 aliphatic heterocycles. The third kappa shape index (κ3) is 2.77. The molecule has 0 fully saturated rings. The average molecular weight is 394 g/mol. The van der Waals surface area contributed by atoms with Crippen LogP contribution in [0.5, 0.6) is 0 Å². The average Bonchev–Trinajstić information content (AvgIpc) is 2.47. The second-order valence-corrected chi connectivity index (χ2v) is 5.92. The maximum Gasteiger partial charge on any atom is 0.314 e. The van der Waals surface area contributed by atoms with E-state index in [2.05, 4.69) is 32.6 Å². The SMILES string of the molecule is O=c1[nH]c2ccc(C(O)c3cccc(I)c3)cc2[nH]c1=O. The number of aliphatic hydroxyl groups is 1. The molecule has 1 atom stereocenters. The first-order valence-electron chi connectivity index (χ1n) is 6.24. The van der Waals surface area contributed by atoms with Gasteiger partial charge in [0.2, 0.25) is 0 Å².